The summed E-state index contributed by atoms with van der Waals surface area (Å²) in [5.74, 6) is -0.513. The van der Waals surface area contributed by atoms with E-state index in [9.17, 15) is 21.6 Å². The van der Waals surface area contributed by atoms with Gasteiger partial charge in [0.2, 0.25) is 10.0 Å². The largest absolute Gasteiger partial charge is 0.322 e. The molecule has 3 aromatic carbocycles. The molecule has 1 fully saturated rings. The predicted molar refractivity (Wildman–Crippen MR) is 145 cm³/mol. The molecule has 3 aromatic rings. The van der Waals surface area contributed by atoms with Gasteiger partial charge < -0.3 is 5.32 Å². The molecular weight excluding hydrogens is 534 g/mol. The molecular formula is C26H28ClN3O5S2. The molecule has 0 saturated carbocycles. The van der Waals surface area contributed by atoms with Crippen LogP contribution in [0.2, 0.25) is 5.02 Å². The van der Waals surface area contributed by atoms with Crippen LogP contribution in [0, 0.1) is 6.92 Å². The summed E-state index contributed by atoms with van der Waals surface area (Å²) in [5.41, 5.74) is 1.69. The first-order chi connectivity index (χ1) is 17.6. The highest BCUT2D eigenvalue weighted by molar-refractivity contribution is 7.92. The lowest BCUT2D eigenvalue weighted by Gasteiger charge is -2.20. The normalized spacial score (nSPS) is 15.1. The van der Waals surface area contributed by atoms with Gasteiger partial charge in [0.1, 0.15) is 0 Å². The van der Waals surface area contributed by atoms with Crippen molar-refractivity contribution in [3.05, 3.63) is 82.9 Å². The molecule has 0 spiro atoms. The van der Waals surface area contributed by atoms with E-state index in [1.54, 1.807) is 12.1 Å². The fourth-order valence-corrected chi connectivity index (χ4v) is 6.87. The van der Waals surface area contributed by atoms with E-state index in [4.69, 9.17) is 11.6 Å². The lowest BCUT2D eigenvalue weighted by molar-refractivity contribution is 0.102. The van der Waals surface area contributed by atoms with Crippen LogP contribution in [0.4, 0.5) is 11.4 Å². The van der Waals surface area contributed by atoms with Gasteiger partial charge >= 0.3 is 0 Å². The van der Waals surface area contributed by atoms with Crippen molar-refractivity contribution in [2.75, 3.05) is 23.1 Å². The summed E-state index contributed by atoms with van der Waals surface area (Å²) in [4.78, 5) is 13.1. The van der Waals surface area contributed by atoms with Crippen molar-refractivity contribution < 1.29 is 21.6 Å². The molecule has 0 unspecified atom stereocenters. The van der Waals surface area contributed by atoms with Gasteiger partial charge in [0, 0.05) is 18.8 Å². The van der Waals surface area contributed by atoms with Crippen molar-refractivity contribution in [1.82, 2.24) is 4.31 Å². The van der Waals surface area contributed by atoms with Crippen LogP contribution in [0.15, 0.2) is 76.5 Å². The Labute approximate surface area is 222 Å². The van der Waals surface area contributed by atoms with Crippen LogP contribution in [0.1, 0.15) is 41.6 Å². The van der Waals surface area contributed by atoms with Gasteiger partial charge in [-0.2, -0.15) is 4.31 Å². The van der Waals surface area contributed by atoms with E-state index < -0.39 is 26.0 Å². The second-order valence-corrected chi connectivity index (χ2v) is 12.9. The lowest BCUT2D eigenvalue weighted by atomic mass is 10.2. The fraction of sp³-hybridized carbons (Fsp3) is 0.269. The van der Waals surface area contributed by atoms with Crippen LogP contribution >= 0.6 is 11.6 Å². The highest BCUT2D eigenvalue weighted by atomic mass is 35.5. The first-order valence-electron chi connectivity index (χ1n) is 11.9. The SMILES string of the molecule is Cc1ccc(S(=O)(=O)Nc2ccc(C(=O)Nc3ccc(S(=O)(=O)N4CCCCCC4)cc3)c(Cl)c2)cc1. The number of nitrogens with zero attached hydrogens (tertiary/aromatic N) is 1. The number of hydrogen-bond donors (Lipinski definition) is 2. The van der Waals surface area contributed by atoms with Gasteiger partial charge in [0.25, 0.3) is 15.9 Å². The quantitative estimate of drug-likeness (QED) is 0.408. The third-order valence-corrected chi connectivity index (χ3v) is 9.73. The topological polar surface area (TPSA) is 113 Å². The maximum Gasteiger partial charge on any atom is 0.261 e. The van der Waals surface area contributed by atoms with Crippen molar-refractivity contribution in [2.24, 2.45) is 0 Å². The molecule has 0 bridgehead atoms. The van der Waals surface area contributed by atoms with Gasteiger partial charge in [-0.25, -0.2) is 16.8 Å². The Morgan fingerprint density at radius 3 is 1.95 bits per heavy atom. The summed E-state index contributed by atoms with van der Waals surface area (Å²) in [6, 6.07) is 16.6. The minimum Gasteiger partial charge on any atom is -0.322 e. The van der Waals surface area contributed by atoms with Gasteiger partial charge in [0.05, 0.1) is 26.1 Å². The summed E-state index contributed by atoms with van der Waals surface area (Å²) >= 11 is 6.29. The number of aryl methyl sites for hydroxylation is 1. The fourth-order valence-electron chi connectivity index (χ4n) is 4.03. The molecule has 2 N–H and O–H groups in total. The van der Waals surface area contributed by atoms with E-state index in [0.717, 1.165) is 31.2 Å². The van der Waals surface area contributed by atoms with Crippen molar-refractivity contribution in [3.63, 3.8) is 0 Å². The average molecular weight is 562 g/mol. The molecule has 196 valence electrons. The number of carbonyl (C=O) groups is 1. The van der Waals surface area contributed by atoms with Crippen LogP contribution in [-0.2, 0) is 20.0 Å². The standard InChI is InChI=1S/C26H28ClN3O5S2/c1-19-6-11-22(12-7-19)36(32,33)29-21-10-15-24(25(27)18-21)26(31)28-20-8-13-23(14-9-20)37(34,35)30-16-4-2-3-5-17-30/h6-15,18,29H,2-5,16-17H2,1H3,(H,28,31). The van der Waals surface area contributed by atoms with Crippen LogP contribution in [0.3, 0.4) is 0 Å². The second-order valence-electron chi connectivity index (χ2n) is 8.91. The number of benzene rings is 3. The molecule has 0 atom stereocenters. The number of rotatable bonds is 7. The molecule has 4 rings (SSSR count). The number of carbonyl (C=O) groups excluding carboxylic acids is 1. The van der Waals surface area contributed by atoms with E-state index in [1.165, 1.54) is 58.9 Å². The van der Waals surface area contributed by atoms with E-state index in [2.05, 4.69) is 10.0 Å². The Bertz CT molecular complexity index is 1480. The van der Waals surface area contributed by atoms with Crippen LogP contribution in [0.25, 0.3) is 0 Å². The number of halogens is 1. The molecule has 1 aliphatic heterocycles. The van der Waals surface area contributed by atoms with Crippen molar-refractivity contribution >= 4 is 48.9 Å². The third kappa shape index (κ3) is 6.51. The Kier molecular flexibility index (Phi) is 8.23. The third-order valence-electron chi connectivity index (χ3n) is 6.11. The molecule has 1 aliphatic rings. The highest BCUT2D eigenvalue weighted by Crippen LogP contribution is 2.26. The smallest absolute Gasteiger partial charge is 0.261 e. The van der Waals surface area contributed by atoms with Gasteiger partial charge in [-0.05, 0) is 74.4 Å². The number of anilines is 2. The molecule has 11 heteroatoms. The van der Waals surface area contributed by atoms with E-state index >= 15 is 0 Å². The molecule has 0 aromatic heterocycles. The Balaban J connectivity index is 1.44. The molecule has 1 saturated heterocycles. The van der Waals surface area contributed by atoms with E-state index in [1.807, 2.05) is 6.92 Å². The molecule has 0 aliphatic carbocycles. The molecule has 1 heterocycles. The number of hydrogen-bond acceptors (Lipinski definition) is 5. The number of sulfonamides is 2. The predicted octanol–water partition coefficient (Wildman–Crippen LogP) is 5.27. The van der Waals surface area contributed by atoms with Crippen molar-refractivity contribution in [3.8, 4) is 0 Å². The zero-order valence-electron chi connectivity index (χ0n) is 20.3. The van der Waals surface area contributed by atoms with Crippen LogP contribution in [0.5, 0.6) is 0 Å². The Morgan fingerprint density at radius 2 is 1.35 bits per heavy atom. The Morgan fingerprint density at radius 1 is 0.784 bits per heavy atom. The molecule has 0 radical (unpaired) electrons. The summed E-state index contributed by atoms with van der Waals surface area (Å²) in [7, 11) is -7.40. The minimum absolute atomic E-state index is 0.0574. The molecule has 37 heavy (non-hydrogen) atoms. The average Bonchev–Trinajstić information content (AvgIpc) is 3.15. The summed E-state index contributed by atoms with van der Waals surface area (Å²) in [6.07, 6.45) is 3.75. The van der Waals surface area contributed by atoms with Gasteiger partial charge in [0.15, 0.2) is 0 Å². The molecule has 8 nitrogen and oxygen atoms in total. The number of nitrogens with one attached hydrogen (secondary N) is 2. The Hall–Kier alpha value is -2.92. The first-order valence-corrected chi connectivity index (χ1v) is 15.2. The van der Waals surface area contributed by atoms with Gasteiger partial charge in [-0.1, -0.05) is 42.1 Å². The maximum absolute atomic E-state index is 12.9. The highest BCUT2D eigenvalue weighted by Gasteiger charge is 2.25. The van der Waals surface area contributed by atoms with Gasteiger partial charge in [-0.3, -0.25) is 9.52 Å². The summed E-state index contributed by atoms with van der Waals surface area (Å²) < 4.78 is 55.1. The minimum atomic E-state index is -3.82. The summed E-state index contributed by atoms with van der Waals surface area (Å²) in [6.45, 7) is 2.88. The second kappa shape index (κ2) is 11.2. The van der Waals surface area contributed by atoms with E-state index in [-0.39, 0.29) is 26.1 Å². The van der Waals surface area contributed by atoms with Crippen LogP contribution in [-0.4, -0.2) is 40.1 Å². The zero-order chi connectivity index (χ0) is 26.6. The van der Waals surface area contributed by atoms with Crippen molar-refractivity contribution in [1.29, 1.82) is 0 Å². The summed E-state index contributed by atoms with van der Waals surface area (Å²) in [5, 5.41) is 2.75. The molecule has 1 amide bonds. The number of amides is 1. The monoisotopic (exact) mass is 561 g/mol. The van der Waals surface area contributed by atoms with E-state index in [0.29, 0.717) is 18.8 Å². The van der Waals surface area contributed by atoms with Crippen molar-refractivity contribution in [2.45, 2.75) is 42.4 Å². The van der Waals surface area contributed by atoms with Gasteiger partial charge in [-0.15, -0.1) is 0 Å². The zero-order valence-corrected chi connectivity index (χ0v) is 22.7. The first kappa shape index (κ1) is 27.1. The maximum atomic E-state index is 12.9. The lowest BCUT2D eigenvalue weighted by Crippen LogP contribution is -2.31. The van der Waals surface area contributed by atoms with Crippen LogP contribution < -0.4 is 10.0 Å².